The predicted octanol–water partition coefficient (Wildman–Crippen LogP) is 5.97. The summed E-state index contributed by atoms with van der Waals surface area (Å²) < 4.78 is 49.6. The molecule has 2 aliphatic carbocycles. The Bertz CT molecular complexity index is 1710. The average Bonchev–Trinajstić information content (AvgIpc) is 3.51. The van der Waals surface area contributed by atoms with Gasteiger partial charge in [0.2, 0.25) is 0 Å². The van der Waals surface area contributed by atoms with Gasteiger partial charge in [-0.15, -0.1) is 0 Å². The van der Waals surface area contributed by atoms with Crippen molar-refractivity contribution in [2.24, 2.45) is 11.3 Å². The minimum absolute atomic E-state index is 0. The summed E-state index contributed by atoms with van der Waals surface area (Å²) in [6.45, 7) is 24.9. The topological polar surface area (TPSA) is 0 Å². The molecule has 3 aromatic rings. The fourth-order valence-corrected chi connectivity index (χ4v) is 20.4. The molecular weight excluding hydrogens is 724 g/mol. The molecule has 0 saturated heterocycles. The summed E-state index contributed by atoms with van der Waals surface area (Å²) in [4.78, 5) is 0. The van der Waals surface area contributed by atoms with E-state index in [1.165, 1.54) is 59.9 Å². The van der Waals surface area contributed by atoms with E-state index in [0.717, 1.165) is 16.1 Å². The van der Waals surface area contributed by atoms with Crippen LogP contribution in [0, 0.1) is 11.3 Å². The summed E-state index contributed by atoms with van der Waals surface area (Å²) in [6, 6.07) is 20.2. The molecule has 0 N–H and O–H groups in total. The van der Waals surface area contributed by atoms with Crippen LogP contribution in [0.3, 0.4) is 0 Å². The van der Waals surface area contributed by atoms with E-state index < -0.39 is 31.5 Å². The van der Waals surface area contributed by atoms with Gasteiger partial charge < -0.3 is 24.8 Å². The maximum absolute atomic E-state index is 13.9. The van der Waals surface area contributed by atoms with E-state index in [-0.39, 0.29) is 50.6 Å². The molecule has 0 saturated carbocycles. The summed E-state index contributed by atoms with van der Waals surface area (Å²) in [7, 11) is 0. The van der Waals surface area contributed by atoms with Gasteiger partial charge in [0.05, 0.1) is 0 Å². The van der Waals surface area contributed by atoms with E-state index in [1.54, 1.807) is 12.1 Å². The Hall–Kier alpha value is -1.74. The molecule has 3 aromatic carbocycles. The Morgan fingerprint density at radius 3 is 1.44 bits per heavy atom. The summed E-state index contributed by atoms with van der Waals surface area (Å²) >= 11 is -4.18. The van der Waals surface area contributed by atoms with Crippen LogP contribution in [0.25, 0.3) is 11.1 Å². The third kappa shape index (κ3) is 7.07. The summed E-state index contributed by atoms with van der Waals surface area (Å²) in [5.41, 5.74) is 9.81. The van der Waals surface area contributed by atoms with Gasteiger partial charge >= 0.3 is 282 Å². The second kappa shape index (κ2) is 13.8. The van der Waals surface area contributed by atoms with Crippen molar-refractivity contribution in [2.45, 2.75) is 110 Å². The van der Waals surface area contributed by atoms with Crippen LogP contribution < -0.4 is 28.1 Å². The molecule has 2 unspecified atom stereocenters. The van der Waals surface area contributed by atoms with Crippen LogP contribution in [-0.4, -0.2) is 4.21 Å². The van der Waals surface area contributed by atoms with Crippen LogP contribution in [0.2, 0.25) is 0 Å². The van der Waals surface area contributed by atoms with E-state index in [2.05, 4.69) is 119 Å². The van der Waals surface area contributed by atoms with E-state index >= 15 is 0 Å². The van der Waals surface area contributed by atoms with Crippen LogP contribution in [0.15, 0.2) is 81.2 Å². The van der Waals surface area contributed by atoms with Gasteiger partial charge in [0.15, 0.2) is 0 Å². The molecule has 0 radical (unpaired) electrons. The second-order valence-electron chi connectivity index (χ2n) is 16.7. The zero-order chi connectivity index (χ0) is 34.2. The minimum atomic E-state index is -4.38. The number of hydrogen-bond acceptors (Lipinski definition) is 0. The number of alkyl halides is 3. The van der Waals surface area contributed by atoms with Gasteiger partial charge in [-0.05, 0) is 0 Å². The van der Waals surface area contributed by atoms with Crippen molar-refractivity contribution in [3.05, 3.63) is 109 Å². The van der Waals surface area contributed by atoms with Gasteiger partial charge in [-0.3, -0.25) is 0 Å². The van der Waals surface area contributed by atoms with Crippen LogP contribution in [0.5, 0.6) is 0 Å². The summed E-state index contributed by atoms with van der Waals surface area (Å²) in [5.74, 6) is 0.231. The monoisotopic (exact) mass is 773 g/mol. The third-order valence-electron chi connectivity index (χ3n) is 10.4. The average molecular weight is 776 g/mol. The molecule has 0 fully saturated rings. The zero-order valence-electron chi connectivity index (χ0n) is 30.5. The first kappa shape index (κ1) is 40.7. The SMILES string of the molecule is [CH2]=[Zr+2]([C]1=C(CC)C(C(C)(C)C)=CC1CC)([c]1ccc(C(F)(F)F)cc1)[CH]1c2ccc(C(C)(C)C)cc2-c2cc(C(C)(C)C)ccc21.[Cl-].[Cl-]. The number of rotatable bonds is 5. The molecule has 5 rings (SSSR count). The van der Waals surface area contributed by atoms with Crippen LogP contribution >= 0.6 is 0 Å². The zero-order valence-corrected chi connectivity index (χ0v) is 34.5. The van der Waals surface area contributed by atoms with E-state index in [9.17, 15) is 13.2 Å². The molecule has 0 heterocycles. The third-order valence-corrected chi connectivity index (χ3v) is 21.8. The van der Waals surface area contributed by atoms with Crippen LogP contribution in [-0.2, 0) is 36.8 Å². The number of halogens is 5. The van der Waals surface area contributed by atoms with Crippen molar-refractivity contribution in [3.8, 4) is 11.1 Å². The van der Waals surface area contributed by atoms with Gasteiger partial charge in [-0.1, -0.05) is 0 Å². The van der Waals surface area contributed by atoms with Crippen molar-refractivity contribution in [3.63, 3.8) is 0 Å². The van der Waals surface area contributed by atoms with E-state index in [1.807, 2.05) is 0 Å². The van der Waals surface area contributed by atoms with E-state index in [0.29, 0.717) is 0 Å². The first-order valence-corrected chi connectivity index (χ1v) is 22.5. The molecule has 0 spiro atoms. The Labute approximate surface area is 304 Å². The summed E-state index contributed by atoms with van der Waals surface area (Å²) in [6.07, 6.45) is -0.0593. The standard InChI is InChI=1S/C21H25.C13H21.C7H4F3.CH2.2ClH.Zr/c1-20(2,3)16-9-7-14-11-15-8-10-17(21(4,5)6)13-19(15)18(14)12-16;1-6-10-8-11(7-2)12(9-10)13(3,4)5;8-7(9,10)6-4-2-1-3-5-6;;;;/h7-13H,1-6H3;9-10H,6-7H2,1-5H3;2-5H;1H2;2*1H;/q;;;;;;+2/p-2. The molecule has 259 valence electrons. The quantitative estimate of drug-likeness (QED) is 0.300. The molecule has 6 heteroatoms. The molecule has 2 atom stereocenters. The smallest absolute Gasteiger partial charge is 1.00 e. The first-order chi connectivity index (χ1) is 21.1. The second-order valence-corrected chi connectivity index (χ2v) is 25.6. The number of hydrogen-bond donors (Lipinski definition) is 0. The minimum Gasteiger partial charge on any atom is -1.00 e. The molecule has 0 amide bonds. The normalized spacial score (nSPS) is 17.4. The molecule has 0 bridgehead atoms. The molecule has 0 aromatic heterocycles. The van der Waals surface area contributed by atoms with Crippen LogP contribution in [0.1, 0.15) is 120 Å². The fourth-order valence-electron chi connectivity index (χ4n) is 7.91. The molecule has 48 heavy (non-hydrogen) atoms. The van der Waals surface area contributed by atoms with Crippen molar-refractivity contribution in [1.82, 2.24) is 0 Å². The number of fused-ring (bicyclic) bond motifs is 3. The molecular formula is C42H52Cl2F3Zr. The van der Waals surface area contributed by atoms with Crippen LogP contribution in [0.4, 0.5) is 13.2 Å². The van der Waals surface area contributed by atoms with E-state index in [4.69, 9.17) is 4.21 Å². The Kier molecular flexibility index (Phi) is 11.7. The van der Waals surface area contributed by atoms with Crippen molar-refractivity contribution >= 4 is 7.48 Å². The number of benzene rings is 3. The van der Waals surface area contributed by atoms with Gasteiger partial charge in [-0.2, -0.15) is 0 Å². The fraction of sp³-hybridized carbons (Fsp3) is 0.452. The van der Waals surface area contributed by atoms with Crippen molar-refractivity contribution in [1.29, 1.82) is 0 Å². The largest absolute Gasteiger partial charge is 1.00 e. The van der Waals surface area contributed by atoms with Gasteiger partial charge in [0, 0.05) is 0 Å². The van der Waals surface area contributed by atoms with Crippen molar-refractivity contribution < 1.29 is 57.8 Å². The Morgan fingerprint density at radius 2 is 1.08 bits per heavy atom. The Balaban J connectivity index is 0.00000312. The predicted molar refractivity (Wildman–Crippen MR) is 188 cm³/mol. The number of allylic oxidation sites excluding steroid dienone is 4. The van der Waals surface area contributed by atoms with Crippen molar-refractivity contribution in [2.75, 3.05) is 0 Å². The molecule has 0 nitrogen and oxygen atoms in total. The molecule has 2 aliphatic rings. The Morgan fingerprint density at radius 1 is 0.646 bits per heavy atom. The maximum Gasteiger partial charge on any atom is -1.00 e. The molecule has 0 aliphatic heterocycles. The van der Waals surface area contributed by atoms with Gasteiger partial charge in [0.25, 0.3) is 0 Å². The summed E-state index contributed by atoms with van der Waals surface area (Å²) in [5, 5.41) is 0. The maximum atomic E-state index is 13.9. The van der Waals surface area contributed by atoms with Gasteiger partial charge in [0.1, 0.15) is 0 Å². The van der Waals surface area contributed by atoms with Gasteiger partial charge in [-0.25, -0.2) is 0 Å². The first-order valence-electron chi connectivity index (χ1n) is 16.9.